The first-order valence-electron chi connectivity index (χ1n) is 5.70. The van der Waals surface area contributed by atoms with E-state index >= 15 is 0 Å². The Morgan fingerprint density at radius 1 is 1.47 bits per heavy atom. The van der Waals surface area contributed by atoms with Gasteiger partial charge in [0, 0.05) is 24.9 Å². The van der Waals surface area contributed by atoms with Crippen LogP contribution >= 0.6 is 11.3 Å². The molecule has 17 heavy (non-hydrogen) atoms. The number of rotatable bonds is 4. The third-order valence-corrected chi connectivity index (χ3v) is 3.58. The van der Waals surface area contributed by atoms with Crippen molar-refractivity contribution >= 4 is 11.3 Å². The predicted octanol–water partition coefficient (Wildman–Crippen LogP) is 2.51. The number of nitrogens with zero attached hydrogens (tertiary/aromatic N) is 3. The number of aliphatic hydroxyl groups excluding tert-OH is 1. The van der Waals surface area contributed by atoms with Gasteiger partial charge in [-0.1, -0.05) is 0 Å². The fourth-order valence-electron chi connectivity index (χ4n) is 1.60. The fourth-order valence-corrected chi connectivity index (χ4v) is 2.38. The van der Waals surface area contributed by atoms with Gasteiger partial charge in [-0.05, 0) is 26.8 Å². The monoisotopic (exact) mass is 251 g/mol. The van der Waals surface area contributed by atoms with Crippen LogP contribution in [0.3, 0.4) is 0 Å². The van der Waals surface area contributed by atoms with Crippen molar-refractivity contribution in [2.75, 3.05) is 0 Å². The number of aryl methyl sites for hydroxylation is 1. The van der Waals surface area contributed by atoms with Crippen LogP contribution in [0.15, 0.2) is 18.5 Å². The minimum atomic E-state index is -0.503. The van der Waals surface area contributed by atoms with Crippen LogP contribution in [-0.4, -0.2) is 19.9 Å². The van der Waals surface area contributed by atoms with E-state index in [4.69, 9.17) is 0 Å². The van der Waals surface area contributed by atoms with Gasteiger partial charge in [-0.15, -0.1) is 11.3 Å². The summed E-state index contributed by atoms with van der Waals surface area (Å²) in [7, 11) is 0. The van der Waals surface area contributed by atoms with Crippen molar-refractivity contribution in [3.05, 3.63) is 34.0 Å². The molecule has 0 aliphatic rings. The SMILES string of the molecule is Cc1ncc(C(O)Cc2ccn(C(C)C)n2)s1. The standard InChI is InChI=1S/C12H17N3OS/c1-8(2)15-5-4-10(14-15)6-11(16)12-7-13-9(3)17-12/h4-5,7-8,11,16H,6H2,1-3H3. The number of hydrogen-bond donors (Lipinski definition) is 1. The van der Waals surface area contributed by atoms with Crippen LogP contribution in [0.5, 0.6) is 0 Å². The first-order chi connectivity index (χ1) is 8.06. The number of thiazole rings is 1. The lowest BCUT2D eigenvalue weighted by molar-refractivity contribution is 0.180. The normalized spacial score (nSPS) is 13.2. The maximum atomic E-state index is 10.1. The highest BCUT2D eigenvalue weighted by Gasteiger charge is 2.13. The summed E-state index contributed by atoms with van der Waals surface area (Å²) in [5.41, 5.74) is 0.914. The molecule has 0 fully saturated rings. The van der Waals surface area contributed by atoms with Crippen molar-refractivity contribution in [2.24, 2.45) is 0 Å². The van der Waals surface area contributed by atoms with E-state index in [0.29, 0.717) is 12.5 Å². The molecule has 0 radical (unpaired) electrons. The average molecular weight is 251 g/mol. The van der Waals surface area contributed by atoms with Gasteiger partial charge in [-0.25, -0.2) is 4.98 Å². The zero-order chi connectivity index (χ0) is 12.4. The summed E-state index contributed by atoms with van der Waals surface area (Å²) in [6, 6.07) is 2.31. The molecule has 0 aliphatic carbocycles. The molecular weight excluding hydrogens is 234 g/mol. The summed E-state index contributed by atoms with van der Waals surface area (Å²) in [4.78, 5) is 5.05. The molecule has 0 saturated carbocycles. The van der Waals surface area contributed by atoms with Crippen LogP contribution in [0.1, 0.15) is 41.6 Å². The Hall–Kier alpha value is -1.20. The Bertz CT molecular complexity index is 489. The van der Waals surface area contributed by atoms with E-state index < -0.39 is 6.10 Å². The second-order valence-corrected chi connectivity index (χ2v) is 5.65. The lowest BCUT2D eigenvalue weighted by Crippen LogP contribution is -2.04. The van der Waals surface area contributed by atoms with Crippen LogP contribution in [0.25, 0.3) is 0 Å². The molecule has 92 valence electrons. The molecule has 1 atom stereocenters. The first kappa shape index (κ1) is 12.3. The van der Waals surface area contributed by atoms with E-state index in [0.717, 1.165) is 15.6 Å². The smallest absolute Gasteiger partial charge is 0.0954 e. The molecule has 0 aromatic carbocycles. The summed E-state index contributed by atoms with van der Waals surface area (Å²) in [5.74, 6) is 0. The zero-order valence-corrected chi connectivity index (χ0v) is 11.1. The number of aromatic nitrogens is 3. The van der Waals surface area contributed by atoms with Gasteiger partial charge < -0.3 is 5.11 Å². The second-order valence-electron chi connectivity index (χ2n) is 4.38. The van der Waals surface area contributed by atoms with Gasteiger partial charge >= 0.3 is 0 Å². The second kappa shape index (κ2) is 4.98. The van der Waals surface area contributed by atoms with Gasteiger partial charge in [0.1, 0.15) is 0 Å². The molecule has 1 unspecified atom stereocenters. The van der Waals surface area contributed by atoms with Crippen molar-refractivity contribution in [1.82, 2.24) is 14.8 Å². The number of aliphatic hydroxyl groups is 1. The van der Waals surface area contributed by atoms with E-state index in [1.54, 1.807) is 6.20 Å². The maximum Gasteiger partial charge on any atom is 0.0954 e. The average Bonchev–Trinajstić information content (AvgIpc) is 2.86. The third-order valence-electron chi connectivity index (χ3n) is 2.56. The Morgan fingerprint density at radius 2 is 2.24 bits per heavy atom. The maximum absolute atomic E-state index is 10.1. The van der Waals surface area contributed by atoms with Gasteiger partial charge in [0.05, 0.1) is 21.7 Å². The predicted molar refractivity (Wildman–Crippen MR) is 68.1 cm³/mol. The molecule has 0 saturated heterocycles. The van der Waals surface area contributed by atoms with Crippen molar-refractivity contribution in [2.45, 2.75) is 39.3 Å². The Kier molecular flexibility index (Phi) is 3.59. The van der Waals surface area contributed by atoms with Gasteiger partial charge in [0.15, 0.2) is 0 Å². The van der Waals surface area contributed by atoms with Crippen LogP contribution in [-0.2, 0) is 6.42 Å². The lowest BCUT2D eigenvalue weighted by Gasteiger charge is -2.06. The molecule has 4 nitrogen and oxygen atoms in total. The fraction of sp³-hybridized carbons (Fsp3) is 0.500. The molecule has 0 aliphatic heterocycles. The molecule has 0 amide bonds. The molecule has 1 N–H and O–H groups in total. The quantitative estimate of drug-likeness (QED) is 0.908. The highest BCUT2D eigenvalue weighted by molar-refractivity contribution is 7.11. The van der Waals surface area contributed by atoms with E-state index in [-0.39, 0.29) is 0 Å². The number of hydrogen-bond acceptors (Lipinski definition) is 4. The van der Waals surface area contributed by atoms with E-state index in [1.807, 2.05) is 23.9 Å². The molecule has 0 spiro atoms. The molecule has 2 aromatic heterocycles. The van der Waals surface area contributed by atoms with Crippen molar-refractivity contribution in [3.8, 4) is 0 Å². The van der Waals surface area contributed by atoms with Gasteiger partial charge in [-0.2, -0.15) is 5.10 Å². The topological polar surface area (TPSA) is 50.9 Å². The zero-order valence-electron chi connectivity index (χ0n) is 10.3. The van der Waals surface area contributed by atoms with Gasteiger partial charge in [-0.3, -0.25) is 4.68 Å². The summed E-state index contributed by atoms with van der Waals surface area (Å²) >= 11 is 1.53. The molecular formula is C12H17N3OS. The minimum Gasteiger partial charge on any atom is -0.387 e. The highest BCUT2D eigenvalue weighted by atomic mass is 32.1. The van der Waals surface area contributed by atoms with E-state index in [2.05, 4.69) is 23.9 Å². The third kappa shape index (κ3) is 2.92. The summed E-state index contributed by atoms with van der Waals surface area (Å²) < 4.78 is 1.90. The molecule has 2 rings (SSSR count). The van der Waals surface area contributed by atoms with Gasteiger partial charge in [0.25, 0.3) is 0 Å². The summed E-state index contributed by atoms with van der Waals surface area (Å²) in [6.07, 6.45) is 3.73. The molecule has 0 bridgehead atoms. The van der Waals surface area contributed by atoms with Crippen LogP contribution < -0.4 is 0 Å². The van der Waals surface area contributed by atoms with Crippen molar-refractivity contribution < 1.29 is 5.11 Å². The lowest BCUT2D eigenvalue weighted by atomic mass is 10.2. The van der Waals surface area contributed by atoms with E-state index in [1.165, 1.54) is 11.3 Å². The Balaban J connectivity index is 2.05. The van der Waals surface area contributed by atoms with Crippen LogP contribution in [0, 0.1) is 6.92 Å². The molecule has 2 aromatic rings. The van der Waals surface area contributed by atoms with E-state index in [9.17, 15) is 5.11 Å². The first-order valence-corrected chi connectivity index (χ1v) is 6.52. The van der Waals surface area contributed by atoms with Crippen LogP contribution in [0.4, 0.5) is 0 Å². The van der Waals surface area contributed by atoms with Gasteiger partial charge in [0.2, 0.25) is 0 Å². The van der Waals surface area contributed by atoms with Crippen LogP contribution in [0.2, 0.25) is 0 Å². The molecule has 2 heterocycles. The highest BCUT2D eigenvalue weighted by Crippen LogP contribution is 2.23. The van der Waals surface area contributed by atoms with Crippen molar-refractivity contribution in [3.63, 3.8) is 0 Å². The largest absolute Gasteiger partial charge is 0.387 e. The summed E-state index contributed by atoms with van der Waals surface area (Å²) in [5, 5.41) is 15.5. The Morgan fingerprint density at radius 3 is 2.76 bits per heavy atom. The summed E-state index contributed by atoms with van der Waals surface area (Å²) in [6.45, 7) is 6.11. The molecule has 5 heteroatoms. The van der Waals surface area contributed by atoms with Crippen molar-refractivity contribution in [1.29, 1.82) is 0 Å². The Labute approximate surface area is 105 Å². The minimum absolute atomic E-state index is 0.353.